The van der Waals surface area contributed by atoms with Gasteiger partial charge in [-0.1, -0.05) is 30.3 Å². The van der Waals surface area contributed by atoms with Crippen molar-refractivity contribution >= 4 is 5.97 Å². The number of alkyl halides is 3. The molecule has 0 amide bonds. The maximum atomic E-state index is 10.2. The molecule has 0 saturated heterocycles. The third-order valence-electron chi connectivity index (χ3n) is 1.20. The van der Waals surface area contributed by atoms with E-state index >= 15 is 0 Å². The van der Waals surface area contributed by atoms with Crippen molar-refractivity contribution in [3.8, 4) is 0 Å². The Morgan fingerprint density at radius 3 is 1.93 bits per heavy atom. The predicted molar refractivity (Wildman–Crippen MR) is 46.1 cm³/mol. The van der Waals surface area contributed by atoms with Crippen LogP contribution >= 0.6 is 0 Å². The summed E-state index contributed by atoms with van der Waals surface area (Å²) in [5.74, 6) is -0.786. The van der Waals surface area contributed by atoms with Gasteiger partial charge >= 0.3 is 12.3 Å². The van der Waals surface area contributed by atoms with E-state index in [4.69, 9.17) is 10.2 Å². The van der Waals surface area contributed by atoms with Crippen molar-refractivity contribution in [1.82, 2.24) is 0 Å². The highest BCUT2D eigenvalue weighted by molar-refractivity contribution is 5.70. The molecule has 0 unspecified atom stereocenters. The zero-order valence-corrected chi connectivity index (χ0v) is 7.53. The summed E-state index contributed by atoms with van der Waals surface area (Å²) in [5, 5.41) is 14.9. The van der Waals surface area contributed by atoms with Gasteiger partial charge in [0.1, 0.15) is 0 Å². The van der Waals surface area contributed by atoms with Crippen LogP contribution in [0.4, 0.5) is 13.2 Å². The quantitative estimate of drug-likeness (QED) is 0.802. The van der Waals surface area contributed by atoms with Gasteiger partial charge in [0, 0.05) is 0 Å². The summed E-state index contributed by atoms with van der Waals surface area (Å²) in [6.07, 6.45) is -4.89. The van der Waals surface area contributed by atoms with E-state index in [1.54, 1.807) is 12.1 Å². The summed E-state index contributed by atoms with van der Waals surface area (Å²) in [4.78, 5) is 10.2. The average Bonchev–Trinajstić information content (AvgIpc) is 2.01. The van der Waals surface area contributed by atoms with Crippen LogP contribution in [0.1, 0.15) is 5.56 Å². The number of rotatable bonds is 2. The second-order valence-corrected chi connectivity index (χ2v) is 2.52. The zero-order chi connectivity index (χ0) is 11.9. The van der Waals surface area contributed by atoms with Crippen LogP contribution in [0.2, 0.25) is 0 Å². The van der Waals surface area contributed by atoms with Crippen LogP contribution in [-0.2, 0) is 11.2 Å². The largest absolute Gasteiger partial charge is 0.519 e. The van der Waals surface area contributed by atoms with Gasteiger partial charge in [0.25, 0.3) is 0 Å². The van der Waals surface area contributed by atoms with Crippen LogP contribution in [-0.4, -0.2) is 22.5 Å². The van der Waals surface area contributed by atoms with Crippen LogP contribution in [0.25, 0.3) is 0 Å². The number of aliphatic hydroxyl groups is 1. The van der Waals surface area contributed by atoms with Gasteiger partial charge in [-0.25, -0.2) is 0 Å². The molecule has 0 bridgehead atoms. The van der Waals surface area contributed by atoms with Crippen LogP contribution in [0.3, 0.4) is 0 Å². The van der Waals surface area contributed by atoms with Crippen molar-refractivity contribution in [1.29, 1.82) is 0 Å². The molecule has 0 aromatic heterocycles. The minimum Gasteiger partial charge on any atom is -0.481 e. The first-order valence-electron chi connectivity index (χ1n) is 3.84. The number of halogens is 3. The molecule has 2 N–H and O–H groups in total. The van der Waals surface area contributed by atoms with Crippen molar-refractivity contribution in [2.75, 3.05) is 0 Å². The first-order valence-corrected chi connectivity index (χ1v) is 3.84. The van der Waals surface area contributed by atoms with E-state index in [1.807, 2.05) is 18.2 Å². The van der Waals surface area contributed by atoms with E-state index in [9.17, 15) is 18.0 Å². The molecule has 0 aliphatic rings. The van der Waals surface area contributed by atoms with Crippen molar-refractivity contribution in [2.24, 2.45) is 0 Å². The van der Waals surface area contributed by atoms with E-state index in [1.165, 1.54) is 0 Å². The molecule has 84 valence electrons. The molecule has 3 nitrogen and oxygen atoms in total. The molecular weight excluding hydrogens is 213 g/mol. The summed E-state index contributed by atoms with van der Waals surface area (Å²) in [6.45, 7) is 0. The van der Waals surface area contributed by atoms with Gasteiger partial charge in [-0.05, 0) is 5.56 Å². The van der Waals surface area contributed by atoms with Crippen LogP contribution < -0.4 is 0 Å². The number of hydrogen-bond donors (Lipinski definition) is 2. The maximum absolute atomic E-state index is 10.2. The molecule has 6 heteroatoms. The predicted octanol–water partition coefficient (Wildman–Crippen LogP) is 1.81. The first kappa shape index (κ1) is 13.4. The Bertz CT molecular complexity index is 289. The Kier molecular flexibility index (Phi) is 5.40. The maximum Gasteiger partial charge on any atom is 0.519 e. The Hall–Kier alpha value is -1.56. The van der Waals surface area contributed by atoms with E-state index in [-0.39, 0.29) is 6.42 Å². The van der Waals surface area contributed by atoms with Crippen molar-refractivity contribution in [2.45, 2.75) is 12.8 Å². The van der Waals surface area contributed by atoms with Crippen molar-refractivity contribution in [3.63, 3.8) is 0 Å². The lowest BCUT2D eigenvalue weighted by molar-refractivity contribution is -0.295. The van der Waals surface area contributed by atoms with E-state index in [2.05, 4.69) is 0 Å². The van der Waals surface area contributed by atoms with Gasteiger partial charge in [0.2, 0.25) is 0 Å². The molecule has 0 radical (unpaired) electrons. The third-order valence-corrected chi connectivity index (χ3v) is 1.20. The fourth-order valence-electron chi connectivity index (χ4n) is 0.770. The Morgan fingerprint density at radius 1 is 1.20 bits per heavy atom. The molecule has 0 spiro atoms. The molecule has 1 rings (SSSR count). The minimum absolute atomic E-state index is 0.112. The Morgan fingerprint density at radius 2 is 1.60 bits per heavy atom. The molecular formula is C9H9F3O3. The lowest BCUT2D eigenvalue weighted by Crippen LogP contribution is -2.01. The molecule has 15 heavy (non-hydrogen) atoms. The molecule has 0 heterocycles. The molecule has 0 atom stereocenters. The van der Waals surface area contributed by atoms with Gasteiger partial charge in [-0.15, -0.1) is 13.2 Å². The number of benzene rings is 1. The average molecular weight is 222 g/mol. The summed E-state index contributed by atoms with van der Waals surface area (Å²) >= 11 is 0. The van der Waals surface area contributed by atoms with Crippen LogP contribution in [0, 0.1) is 0 Å². The fourth-order valence-corrected chi connectivity index (χ4v) is 0.770. The highest BCUT2D eigenvalue weighted by Gasteiger charge is 2.20. The molecule has 0 aliphatic heterocycles. The SMILES string of the molecule is O=C(O)Cc1ccccc1.OC(F)(F)F. The van der Waals surface area contributed by atoms with E-state index in [0.29, 0.717) is 0 Å². The molecule has 0 aliphatic carbocycles. The molecule has 1 aromatic rings. The molecule has 0 saturated carbocycles. The van der Waals surface area contributed by atoms with Gasteiger partial charge in [-0.2, -0.15) is 0 Å². The van der Waals surface area contributed by atoms with Crippen LogP contribution in [0.15, 0.2) is 30.3 Å². The minimum atomic E-state index is -5.00. The summed E-state index contributed by atoms with van der Waals surface area (Å²) in [5.41, 5.74) is 0.843. The van der Waals surface area contributed by atoms with Gasteiger partial charge in [0.15, 0.2) is 0 Å². The van der Waals surface area contributed by atoms with Gasteiger partial charge in [-0.3, -0.25) is 4.79 Å². The second-order valence-electron chi connectivity index (χ2n) is 2.52. The molecule has 1 aromatic carbocycles. The van der Waals surface area contributed by atoms with Crippen molar-refractivity contribution < 1.29 is 28.2 Å². The number of hydrogen-bond acceptors (Lipinski definition) is 2. The Balaban J connectivity index is 0.000000336. The van der Waals surface area contributed by atoms with Gasteiger partial charge < -0.3 is 10.2 Å². The highest BCUT2D eigenvalue weighted by Crippen LogP contribution is 2.06. The number of carbonyl (C=O) groups is 1. The topological polar surface area (TPSA) is 57.5 Å². The summed E-state index contributed by atoms with van der Waals surface area (Å²) in [6, 6.07) is 9.13. The number of carboxylic acids is 1. The lowest BCUT2D eigenvalue weighted by Gasteiger charge is -1.92. The summed E-state index contributed by atoms with van der Waals surface area (Å²) < 4.78 is 29.7. The van der Waals surface area contributed by atoms with Crippen molar-refractivity contribution in [3.05, 3.63) is 35.9 Å². The Labute approximate surface area is 83.8 Å². The second kappa shape index (κ2) is 6.02. The smallest absolute Gasteiger partial charge is 0.481 e. The lowest BCUT2D eigenvalue weighted by atomic mass is 10.2. The van der Waals surface area contributed by atoms with E-state index < -0.39 is 12.3 Å². The summed E-state index contributed by atoms with van der Waals surface area (Å²) in [7, 11) is 0. The first-order chi connectivity index (χ1) is 6.79. The standard InChI is InChI=1S/C8H8O2.CHF3O/c9-8(10)6-7-4-2-1-3-5-7;2-1(3,4)5/h1-5H,6H2,(H,9,10);5H. The number of aliphatic carboxylic acids is 1. The monoisotopic (exact) mass is 222 g/mol. The number of carboxylic acid groups (broad SMARTS) is 1. The zero-order valence-electron chi connectivity index (χ0n) is 7.53. The highest BCUT2D eigenvalue weighted by atomic mass is 19.4. The van der Waals surface area contributed by atoms with Gasteiger partial charge in [0.05, 0.1) is 6.42 Å². The molecule has 0 fully saturated rings. The fraction of sp³-hybridized carbons (Fsp3) is 0.222. The third kappa shape index (κ3) is 12.4. The van der Waals surface area contributed by atoms with Crippen LogP contribution in [0.5, 0.6) is 0 Å². The van der Waals surface area contributed by atoms with E-state index in [0.717, 1.165) is 5.56 Å². The normalized spacial score (nSPS) is 10.1.